The van der Waals surface area contributed by atoms with Gasteiger partial charge in [0.2, 0.25) is 17.8 Å². The molecular weight excluding hydrogens is 196 g/mol. The Morgan fingerprint density at radius 1 is 1.27 bits per heavy atom. The summed E-state index contributed by atoms with van der Waals surface area (Å²) in [5.41, 5.74) is 8.27. The van der Waals surface area contributed by atoms with Crippen LogP contribution in [0.25, 0.3) is 10.4 Å². The van der Waals surface area contributed by atoms with Crippen LogP contribution in [0.1, 0.15) is 13.8 Å². The molecule has 1 rings (SSSR count). The fourth-order valence-electron chi connectivity index (χ4n) is 0.884. The molecule has 0 radical (unpaired) electrons. The van der Waals surface area contributed by atoms with Gasteiger partial charge in [0.1, 0.15) is 0 Å². The third-order valence-corrected chi connectivity index (χ3v) is 1.40. The number of aromatic nitrogens is 3. The van der Waals surface area contributed by atoms with Crippen LogP contribution in [-0.4, -0.2) is 28.0 Å². The Kier molecular flexibility index (Phi) is 3.64. The molecule has 1 aromatic heterocycles. The zero-order valence-corrected chi connectivity index (χ0v) is 8.76. The SMILES string of the molecule is CNc1nc(N=[N+]=[N-])nc(NC(C)C)n1. The first-order valence-electron chi connectivity index (χ1n) is 4.41. The predicted molar refractivity (Wildman–Crippen MR) is 56.9 cm³/mol. The zero-order chi connectivity index (χ0) is 11.3. The van der Waals surface area contributed by atoms with E-state index in [1.54, 1.807) is 7.05 Å². The van der Waals surface area contributed by atoms with Crippen molar-refractivity contribution in [2.75, 3.05) is 17.7 Å². The Hall–Kier alpha value is -2.08. The lowest BCUT2D eigenvalue weighted by Crippen LogP contribution is -2.13. The van der Waals surface area contributed by atoms with Gasteiger partial charge in [0.05, 0.1) is 0 Å². The molecule has 0 aromatic carbocycles. The van der Waals surface area contributed by atoms with Crippen molar-refractivity contribution in [1.82, 2.24) is 15.0 Å². The summed E-state index contributed by atoms with van der Waals surface area (Å²) in [5.74, 6) is 0.780. The maximum absolute atomic E-state index is 8.27. The summed E-state index contributed by atoms with van der Waals surface area (Å²) in [4.78, 5) is 14.4. The highest BCUT2D eigenvalue weighted by Crippen LogP contribution is 2.11. The fraction of sp³-hybridized carbons (Fsp3) is 0.571. The number of nitrogens with one attached hydrogen (secondary N) is 2. The molecule has 0 aliphatic carbocycles. The van der Waals surface area contributed by atoms with Crippen LogP contribution >= 0.6 is 0 Å². The van der Waals surface area contributed by atoms with Gasteiger partial charge in [-0.3, -0.25) is 0 Å². The second kappa shape index (κ2) is 4.97. The van der Waals surface area contributed by atoms with E-state index in [0.717, 1.165) is 0 Å². The Balaban J connectivity index is 3.05. The molecule has 1 aromatic rings. The van der Waals surface area contributed by atoms with Crippen LogP contribution in [0.3, 0.4) is 0 Å². The lowest BCUT2D eigenvalue weighted by atomic mass is 10.4. The minimum Gasteiger partial charge on any atom is -0.357 e. The number of azide groups is 1. The van der Waals surface area contributed by atoms with Crippen molar-refractivity contribution in [1.29, 1.82) is 0 Å². The van der Waals surface area contributed by atoms with Crippen LogP contribution in [0.4, 0.5) is 17.8 Å². The highest BCUT2D eigenvalue weighted by Gasteiger charge is 2.04. The van der Waals surface area contributed by atoms with E-state index in [2.05, 4.69) is 35.6 Å². The molecule has 15 heavy (non-hydrogen) atoms. The average Bonchev–Trinajstić information content (AvgIpc) is 2.16. The highest BCUT2D eigenvalue weighted by atomic mass is 15.3. The lowest BCUT2D eigenvalue weighted by molar-refractivity contribution is 0.867. The summed E-state index contributed by atoms with van der Waals surface area (Å²) >= 11 is 0. The van der Waals surface area contributed by atoms with E-state index >= 15 is 0 Å². The fourth-order valence-corrected chi connectivity index (χ4v) is 0.884. The Morgan fingerprint density at radius 2 is 1.93 bits per heavy atom. The standard InChI is InChI=1S/C7H12N8/c1-4(2)10-6-11-5(9-3)12-7(13-6)14-15-8/h4H,1-3H3,(H2,9,10,11,12,13). The summed E-state index contributed by atoms with van der Waals surface area (Å²) in [7, 11) is 1.67. The molecule has 0 spiro atoms. The van der Waals surface area contributed by atoms with E-state index in [0.29, 0.717) is 11.9 Å². The first-order valence-corrected chi connectivity index (χ1v) is 4.41. The van der Waals surface area contributed by atoms with Gasteiger partial charge in [-0.15, -0.1) is 0 Å². The highest BCUT2D eigenvalue weighted by molar-refractivity contribution is 5.39. The van der Waals surface area contributed by atoms with Crippen molar-refractivity contribution in [3.8, 4) is 0 Å². The van der Waals surface area contributed by atoms with Crippen LogP contribution in [0.15, 0.2) is 5.11 Å². The van der Waals surface area contributed by atoms with Crippen molar-refractivity contribution in [3.05, 3.63) is 10.4 Å². The molecule has 8 heteroatoms. The third-order valence-electron chi connectivity index (χ3n) is 1.40. The summed E-state index contributed by atoms with van der Waals surface area (Å²) < 4.78 is 0. The van der Waals surface area contributed by atoms with Gasteiger partial charge in [-0.25, -0.2) is 0 Å². The third kappa shape index (κ3) is 3.28. The summed E-state index contributed by atoms with van der Waals surface area (Å²) in [6, 6.07) is 0.191. The molecule has 80 valence electrons. The lowest BCUT2D eigenvalue weighted by Gasteiger charge is -2.08. The number of hydrogen-bond acceptors (Lipinski definition) is 6. The van der Waals surface area contributed by atoms with E-state index < -0.39 is 0 Å². The molecule has 8 nitrogen and oxygen atoms in total. The molecular formula is C7H12N8. The summed E-state index contributed by atoms with van der Waals surface area (Å²) in [5, 5.41) is 9.07. The van der Waals surface area contributed by atoms with Crippen LogP contribution in [0.2, 0.25) is 0 Å². The van der Waals surface area contributed by atoms with Gasteiger partial charge in [-0.05, 0) is 24.5 Å². The Labute approximate surface area is 86.8 Å². The van der Waals surface area contributed by atoms with E-state index in [1.807, 2.05) is 13.8 Å². The van der Waals surface area contributed by atoms with Gasteiger partial charge in [-0.1, -0.05) is 0 Å². The van der Waals surface area contributed by atoms with Crippen LogP contribution in [-0.2, 0) is 0 Å². The first-order chi connectivity index (χ1) is 7.15. The van der Waals surface area contributed by atoms with Gasteiger partial charge >= 0.3 is 0 Å². The molecule has 0 saturated carbocycles. The quantitative estimate of drug-likeness (QED) is 0.444. The topological polar surface area (TPSA) is 111 Å². The molecule has 0 fully saturated rings. The Morgan fingerprint density at radius 3 is 2.47 bits per heavy atom. The second-order valence-electron chi connectivity index (χ2n) is 3.02. The number of rotatable bonds is 4. The first kappa shape index (κ1) is 11.0. The van der Waals surface area contributed by atoms with E-state index in [9.17, 15) is 0 Å². The number of hydrogen-bond donors (Lipinski definition) is 2. The van der Waals surface area contributed by atoms with Crippen molar-refractivity contribution in [2.45, 2.75) is 19.9 Å². The number of nitrogens with zero attached hydrogens (tertiary/aromatic N) is 6. The normalized spacial score (nSPS) is 9.60. The smallest absolute Gasteiger partial charge is 0.228 e. The molecule has 0 atom stereocenters. The van der Waals surface area contributed by atoms with Crippen molar-refractivity contribution in [2.24, 2.45) is 5.11 Å². The molecule has 0 bridgehead atoms. The molecule has 0 aliphatic rings. The predicted octanol–water partition coefficient (Wildman–Crippen LogP) is 1.68. The molecule has 0 aliphatic heterocycles. The van der Waals surface area contributed by atoms with Crippen molar-refractivity contribution in [3.63, 3.8) is 0 Å². The van der Waals surface area contributed by atoms with Crippen LogP contribution < -0.4 is 10.6 Å². The van der Waals surface area contributed by atoms with Gasteiger partial charge in [-0.2, -0.15) is 15.0 Å². The van der Waals surface area contributed by atoms with Gasteiger partial charge in [0.15, 0.2) is 0 Å². The van der Waals surface area contributed by atoms with E-state index in [4.69, 9.17) is 5.53 Å². The maximum atomic E-state index is 8.27. The molecule has 0 amide bonds. The van der Waals surface area contributed by atoms with E-state index in [-0.39, 0.29) is 12.0 Å². The number of anilines is 2. The van der Waals surface area contributed by atoms with E-state index in [1.165, 1.54) is 0 Å². The van der Waals surface area contributed by atoms with Gasteiger partial charge in [0, 0.05) is 18.0 Å². The summed E-state index contributed by atoms with van der Waals surface area (Å²) in [6.45, 7) is 3.91. The molecule has 0 saturated heterocycles. The zero-order valence-electron chi connectivity index (χ0n) is 8.76. The van der Waals surface area contributed by atoms with Crippen molar-refractivity contribution < 1.29 is 0 Å². The molecule has 0 unspecified atom stereocenters. The monoisotopic (exact) mass is 208 g/mol. The average molecular weight is 208 g/mol. The van der Waals surface area contributed by atoms with Gasteiger partial charge < -0.3 is 10.6 Å². The maximum Gasteiger partial charge on any atom is 0.228 e. The van der Waals surface area contributed by atoms with Crippen molar-refractivity contribution >= 4 is 17.8 Å². The van der Waals surface area contributed by atoms with Crippen LogP contribution in [0.5, 0.6) is 0 Å². The minimum absolute atomic E-state index is 0.0417. The molecule has 2 N–H and O–H groups in total. The largest absolute Gasteiger partial charge is 0.357 e. The second-order valence-corrected chi connectivity index (χ2v) is 3.02. The Bertz CT molecular complexity index is 381. The minimum atomic E-state index is 0.0417. The van der Waals surface area contributed by atoms with Crippen LogP contribution in [0, 0.1) is 0 Å². The van der Waals surface area contributed by atoms with Gasteiger partial charge in [0.25, 0.3) is 0 Å². The summed E-state index contributed by atoms with van der Waals surface area (Å²) in [6.07, 6.45) is 0. The molecule has 1 heterocycles.